The van der Waals surface area contributed by atoms with Crippen molar-refractivity contribution in [3.8, 4) is 0 Å². The van der Waals surface area contributed by atoms with Crippen molar-refractivity contribution in [1.29, 1.82) is 0 Å². The van der Waals surface area contributed by atoms with Crippen molar-refractivity contribution in [2.45, 2.75) is 40.5 Å². The van der Waals surface area contributed by atoms with Crippen LogP contribution < -0.4 is 0 Å². The highest BCUT2D eigenvalue weighted by molar-refractivity contribution is 4.88. The van der Waals surface area contributed by atoms with E-state index in [1.54, 1.807) is 0 Å². The van der Waals surface area contributed by atoms with Crippen LogP contribution in [0.4, 0.5) is 0 Å². The first-order chi connectivity index (χ1) is 7.51. The lowest BCUT2D eigenvalue weighted by Crippen LogP contribution is -2.42. The van der Waals surface area contributed by atoms with Gasteiger partial charge in [0.1, 0.15) is 0 Å². The van der Waals surface area contributed by atoms with Gasteiger partial charge in [-0.1, -0.05) is 27.7 Å². The molecule has 2 nitrogen and oxygen atoms in total. The summed E-state index contributed by atoms with van der Waals surface area (Å²) in [5.41, 5.74) is 0. The average molecular weight is 228 g/mol. The highest BCUT2D eigenvalue weighted by Crippen LogP contribution is 2.44. The van der Waals surface area contributed by atoms with Crippen LogP contribution in [0, 0.1) is 35.5 Å². The smallest absolute Gasteiger partial charge is 0.0465 e. The second kappa shape index (κ2) is 6.02. The average Bonchev–Trinajstić information content (AvgIpc) is 2.21. The molecule has 0 spiro atoms. The van der Waals surface area contributed by atoms with Gasteiger partial charge in [0, 0.05) is 13.2 Å². The SMILES string of the molecule is CC(C)CC1CC(C)C(C)C(CO)C1CO. The van der Waals surface area contributed by atoms with Gasteiger partial charge in [0.15, 0.2) is 0 Å². The van der Waals surface area contributed by atoms with Crippen molar-refractivity contribution in [3.05, 3.63) is 0 Å². The topological polar surface area (TPSA) is 40.5 Å². The Morgan fingerprint density at radius 3 is 2.06 bits per heavy atom. The zero-order valence-corrected chi connectivity index (χ0v) is 11.2. The molecule has 1 aliphatic rings. The fourth-order valence-electron chi connectivity index (χ4n) is 3.49. The van der Waals surface area contributed by atoms with Gasteiger partial charge in [-0.2, -0.15) is 0 Å². The standard InChI is InChI=1S/C14H28O2/c1-9(2)5-12-6-10(3)11(4)13(7-15)14(12)8-16/h9-16H,5-8H2,1-4H3. The third-order valence-electron chi connectivity index (χ3n) is 4.60. The molecule has 2 N–H and O–H groups in total. The summed E-state index contributed by atoms with van der Waals surface area (Å²) >= 11 is 0. The highest BCUT2D eigenvalue weighted by Gasteiger charge is 2.40. The fraction of sp³-hybridized carbons (Fsp3) is 1.00. The summed E-state index contributed by atoms with van der Waals surface area (Å²) in [6.45, 7) is 9.45. The Morgan fingerprint density at radius 1 is 1.06 bits per heavy atom. The molecule has 0 heterocycles. The third kappa shape index (κ3) is 2.98. The molecule has 0 bridgehead atoms. The number of aliphatic hydroxyl groups excluding tert-OH is 2. The van der Waals surface area contributed by atoms with E-state index in [0.717, 1.165) is 0 Å². The van der Waals surface area contributed by atoms with Gasteiger partial charge in [-0.3, -0.25) is 0 Å². The van der Waals surface area contributed by atoms with Gasteiger partial charge in [-0.05, 0) is 48.3 Å². The summed E-state index contributed by atoms with van der Waals surface area (Å²) in [6, 6.07) is 0. The number of aliphatic hydroxyl groups is 2. The lowest BCUT2D eigenvalue weighted by molar-refractivity contribution is -0.0199. The van der Waals surface area contributed by atoms with E-state index in [4.69, 9.17) is 0 Å². The van der Waals surface area contributed by atoms with Crippen LogP contribution >= 0.6 is 0 Å². The third-order valence-corrected chi connectivity index (χ3v) is 4.60. The van der Waals surface area contributed by atoms with Gasteiger partial charge in [0.2, 0.25) is 0 Å². The molecule has 2 heteroatoms. The molecule has 1 saturated carbocycles. The maximum absolute atomic E-state index is 9.57. The Bertz CT molecular complexity index is 203. The molecule has 0 amide bonds. The van der Waals surface area contributed by atoms with Crippen molar-refractivity contribution in [1.82, 2.24) is 0 Å². The van der Waals surface area contributed by atoms with Crippen molar-refractivity contribution in [2.24, 2.45) is 35.5 Å². The van der Waals surface area contributed by atoms with Gasteiger partial charge in [0.05, 0.1) is 0 Å². The molecule has 5 atom stereocenters. The quantitative estimate of drug-likeness (QED) is 0.776. The second-order valence-electron chi connectivity index (χ2n) is 6.15. The monoisotopic (exact) mass is 228 g/mol. The van der Waals surface area contributed by atoms with Crippen LogP contribution in [-0.2, 0) is 0 Å². The van der Waals surface area contributed by atoms with E-state index in [-0.39, 0.29) is 19.1 Å². The summed E-state index contributed by atoms with van der Waals surface area (Å²) in [6.07, 6.45) is 2.39. The number of rotatable bonds is 4. The Morgan fingerprint density at radius 2 is 1.62 bits per heavy atom. The van der Waals surface area contributed by atoms with Gasteiger partial charge in [0.25, 0.3) is 0 Å². The Kier molecular flexibility index (Phi) is 5.26. The van der Waals surface area contributed by atoms with Crippen LogP contribution in [0.2, 0.25) is 0 Å². The van der Waals surface area contributed by atoms with Gasteiger partial charge in [-0.15, -0.1) is 0 Å². The van der Waals surface area contributed by atoms with E-state index in [1.165, 1.54) is 12.8 Å². The summed E-state index contributed by atoms with van der Waals surface area (Å²) in [7, 11) is 0. The second-order valence-corrected chi connectivity index (χ2v) is 6.15. The predicted molar refractivity (Wildman–Crippen MR) is 67.0 cm³/mol. The van der Waals surface area contributed by atoms with Crippen molar-refractivity contribution < 1.29 is 10.2 Å². The van der Waals surface area contributed by atoms with Gasteiger partial charge >= 0.3 is 0 Å². The number of hydrogen-bond acceptors (Lipinski definition) is 2. The fourth-order valence-corrected chi connectivity index (χ4v) is 3.49. The summed E-state index contributed by atoms with van der Waals surface area (Å²) in [5.74, 6) is 3.07. The first kappa shape index (κ1) is 14.0. The Hall–Kier alpha value is -0.0800. The van der Waals surface area contributed by atoms with Crippen molar-refractivity contribution in [3.63, 3.8) is 0 Å². The van der Waals surface area contributed by atoms with Crippen LogP contribution in [0.15, 0.2) is 0 Å². The summed E-state index contributed by atoms with van der Waals surface area (Å²) < 4.78 is 0. The van der Waals surface area contributed by atoms with Crippen LogP contribution in [0.3, 0.4) is 0 Å². The largest absolute Gasteiger partial charge is 0.396 e. The van der Waals surface area contributed by atoms with E-state index in [0.29, 0.717) is 29.6 Å². The maximum Gasteiger partial charge on any atom is 0.0465 e. The minimum atomic E-state index is 0.228. The van der Waals surface area contributed by atoms with E-state index in [1.807, 2.05) is 0 Å². The van der Waals surface area contributed by atoms with E-state index < -0.39 is 0 Å². The normalized spacial score (nSPS) is 40.3. The lowest BCUT2D eigenvalue weighted by Gasteiger charge is -2.44. The molecule has 0 saturated heterocycles. The minimum Gasteiger partial charge on any atom is -0.396 e. The molecule has 1 rings (SSSR count). The molecule has 16 heavy (non-hydrogen) atoms. The molecule has 0 aromatic heterocycles. The van der Waals surface area contributed by atoms with E-state index in [9.17, 15) is 10.2 Å². The predicted octanol–water partition coefficient (Wildman–Crippen LogP) is 2.54. The molecule has 1 aliphatic carbocycles. The first-order valence-electron chi connectivity index (χ1n) is 6.72. The zero-order chi connectivity index (χ0) is 12.3. The highest BCUT2D eigenvalue weighted by atomic mass is 16.3. The van der Waals surface area contributed by atoms with Crippen LogP contribution in [0.25, 0.3) is 0 Å². The van der Waals surface area contributed by atoms with E-state index in [2.05, 4.69) is 27.7 Å². The molecule has 1 fully saturated rings. The van der Waals surface area contributed by atoms with Gasteiger partial charge < -0.3 is 10.2 Å². The summed E-state index contributed by atoms with van der Waals surface area (Å²) in [5, 5.41) is 19.1. The zero-order valence-electron chi connectivity index (χ0n) is 11.2. The molecular formula is C14H28O2. The number of hydrogen-bond donors (Lipinski definition) is 2. The van der Waals surface area contributed by atoms with Crippen molar-refractivity contribution in [2.75, 3.05) is 13.2 Å². The van der Waals surface area contributed by atoms with E-state index >= 15 is 0 Å². The lowest BCUT2D eigenvalue weighted by atomic mass is 9.62. The first-order valence-corrected chi connectivity index (χ1v) is 6.72. The molecule has 0 aromatic carbocycles. The molecule has 5 unspecified atom stereocenters. The minimum absolute atomic E-state index is 0.228. The molecule has 0 aromatic rings. The van der Waals surface area contributed by atoms with Crippen LogP contribution in [0.5, 0.6) is 0 Å². The maximum atomic E-state index is 9.57. The Labute approximate surface area is 100 Å². The van der Waals surface area contributed by atoms with Crippen molar-refractivity contribution >= 4 is 0 Å². The van der Waals surface area contributed by atoms with Gasteiger partial charge in [-0.25, -0.2) is 0 Å². The Balaban J connectivity index is 2.76. The molecule has 0 aliphatic heterocycles. The van der Waals surface area contributed by atoms with Crippen LogP contribution in [0.1, 0.15) is 40.5 Å². The summed E-state index contributed by atoms with van der Waals surface area (Å²) in [4.78, 5) is 0. The molecule has 96 valence electrons. The molecular weight excluding hydrogens is 200 g/mol. The van der Waals surface area contributed by atoms with Crippen LogP contribution in [-0.4, -0.2) is 23.4 Å². The molecule has 0 radical (unpaired) electrons.